The van der Waals surface area contributed by atoms with Crippen molar-refractivity contribution in [1.29, 1.82) is 0 Å². The van der Waals surface area contributed by atoms with E-state index < -0.39 is 17.9 Å². The van der Waals surface area contributed by atoms with Crippen LogP contribution in [0.2, 0.25) is 0 Å². The molecule has 17 heavy (non-hydrogen) atoms. The molecule has 0 aromatic carbocycles. The Morgan fingerprint density at radius 3 is 2.53 bits per heavy atom. The Bertz CT molecular complexity index is 319. The maximum atomic E-state index is 12.0. The van der Waals surface area contributed by atoms with Crippen LogP contribution < -0.4 is 0 Å². The summed E-state index contributed by atoms with van der Waals surface area (Å²) in [6, 6.07) is -0.154. The summed E-state index contributed by atoms with van der Waals surface area (Å²) in [6.07, 6.45) is 3.12. The van der Waals surface area contributed by atoms with E-state index in [1.54, 1.807) is 9.80 Å². The predicted octanol–water partition coefficient (Wildman–Crippen LogP) is -0.0194. The van der Waals surface area contributed by atoms with Gasteiger partial charge in [-0.15, -0.1) is 0 Å². The van der Waals surface area contributed by atoms with E-state index in [0.29, 0.717) is 19.6 Å². The lowest BCUT2D eigenvalue weighted by Crippen LogP contribution is -2.60. The zero-order chi connectivity index (χ0) is 12.4. The number of hydrogen-bond acceptors (Lipinski definition) is 3. The highest BCUT2D eigenvalue weighted by atomic mass is 16.3. The average Bonchev–Trinajstić information content (AvgIpc) is 2.34. The summed E-state index contributed by atoms with van der Waals surface area (Å²) < 4.78 is 0. The number of likely N-dealkylation sites (N-methyl/N-ethyl adjacent to an activating group) is 1. The minimum atomic E-state index is -0.464. The maximum absolute atomic E-state index is 12.0. The lowest BCUT2D eigenvalue weighted by molar-refractivity contribution is -0.160. The van der Waals surface area contributed by atoms with E-state index in [1.165, 1.54) is 0 Å². The van der Waals surface area contributed by atoms with Gasteiger partial charge >= 0.3 is 11.8 Å². The van der Waals surface area contributed by atoms with Crippen LogP contribution in [0.1, 0.15) is 32.6 Å². The van der Waals surface area contributed by atoms with Crippen molar-refractivity contribution in [3.05, 3.63) is 0 Å². The fraction of sp³-hybridized carbons (Fsp3) is 0.833. The number of hydrogen-bond donors (Lipinski definition) is 1. The van der Waals surface area contributed by atoms with Gasteiger partial charge in [0.1, 0.15) is 0 Å². The van der Waals surface area contributed by atoms with Gasteiger partial charge in [0.2, 0.25) is 0 Å². The zero-order valence-corrected chi connectivity index (χ0v) is 10.3. The minimum absolute atomic E-state index is 0.154. The summed E-state index contributed by atoms with van der Waals surface area (Å²) in [7, 11) is 0. The van der Waals surface area contributed by atoms with Crippen LogP contribution in [0.5, 0.6) is 0 Å². The summed E-state index contributed by atoms with van der Waals surface area (Å²) in [6.45, 7) is 3.59. The van der Waals surface area contributed by atoms with Gasteiger partial charge in [-0.05, 0) is 19.8 Å². The molecule has 0 spiro atoms. The lowest BCUT2D eigenvalue weighted by Gasteiger charge is -2.41. The van der Waals surface area contributed by atoms with Crippen LogP contribution in [0, 0.1) is 0 Å². The highest BCUT2D eigenvalue weighted by molar-refractivity contribution is 6.35. The molecule has 1 heterocycles. The molecule has 1 aliphatic heterocycles. The van der Waals surface area contributed by atoms with E-state index in [0.717, 1.165) is 25.7 Å². The third-order valence-corrected chi connectivity index (χ3v) is 3.82. The van der Waals surface area contributed by atoms with Crippen LogP contribution in [-0.4, -0.2) is 58.5 Å². The second kappa shape index (κ2) is 5.04. The van der Waals surface area contributed by atoms with Crippen molar-refractivity contribution in [2.75, 3.05) is 19.6 Å². The molecular weight excluding hydrogens is 220 g/mol. The van der Waals surface area contributed by atoms with Crippen molar-refractivity contribution < 1.29 is 14.7 Å². The van der Waals surface area contributed by atoms with Crippen molar-refractivity contribution in [1.82, 2.24) is 9.80 Å². The van der Waals surface area contributed by atoms with Crippen LogP contribution in [0.15, 0.2) is 0 Å². The Kier molecular flexibility index (Phi) is 3.66. The molecule has 2 atom stereocenters. The highest BCUT2D eigenvalue weighted by Crippen LogP contribution is 2.24. The van der Waals surface area contributed by atoms with E-state index in [2.05, 4.69) is 0 Å². The third-order valence-electron chi connectivity index (χ3n) is 3.82. The quantitative estimate of drug-likeness (QED) is 0.690. The second-order valence-corrected chi connectivity index (χ2v) is 4.80. The Labute approximate surface area is 101 Å². The number of aliphatic hydroxyl groups is 1. The topological polar surface area (TPSA) is 60.9 Å². The van der Waals surface area contributed by atoms with Crippen molar-refractivity contribution in [2.45, 2.75) is 44.8 Å². The lowest BCUT2D eigenvalue weighted by atomic mass is 9.91. The first kappa shape index (κ1) is 12.4. The van der Waals surface area contributed by atoms with Crippen LogP contribution in [0.25, 0.3) is 0 Å². The largest absolute Gasteiger partial charge is 0.391 e. The number of carbonyl (C=O) groups excluding carboxylic acids is 2. The number of rotatable bonds is 2. The molecule has 0 bridgehead atoms. The first-order valence-electron chi connectivity index (χ1n) is 6.43. The van der Waals surface area contributed by atoms with Crippen LogP contribution >= 0.6 is 0 Å². The summed E-state index contributed by atoms with van der Waals surface area (Å²) in [5.41, 5.74) is 0. The van der Waals surface area contributed by atoms with Gasteiger partial charge in [0, 0.05) is 19.6 Å². The van der Waals surface area contributed by atoms with Crippen molar-refractivity contribution in [3.8, 4) is 0 Å². The fourth-order valence-electron chi connectivity index (χ4n) is 2.76. The molecule has 0 aromatic rings. The molecular formula is C12H20N2O3. The molecule has 96 valence electrons. The first-order valence-corrected chi connectivity index (χ1v) is 6.43. The monoisotopic (exact) mass is 240 g/mol. The molecule has 1 N–H and O–H groups in total. The molecule has 2 fully saturated rings. The number of piperazine rings is 1. The summed E-state index contributed by atoms with van der Waals surface area (Å²) in [4.78, 5) is 26.9. The first-order chi connectivity index (χ1) is 8.15. The van der Waals surface area contributed by atoms with Gasteiger partial charge in [0.25, 0.3) is 0 Å². The van der Waals surface area contributed by atoms with E-state index in [4.69, 9.17) is 0 Å². The smallest absolute Gasteiger partial charge is 0.312 e. The average molecular weight is 240 g/mol. The van der Waals surface area contributed by atoms with E-state index >= 15 is 0 Å². The molecule has 2 amide bonds. The Morgan fingerprint density at radius 2 is 1.88 bits per heavy atom. The standard InChI is InChI=1S/C12H20N2O3/c1-2-13-7-8-14(12(17)11(13)16)9-5-3-4-6-10(9)15/h9-10,15H,2-8H2,1H3. The fourth-order valence-corrected chi connectivity index (χ4v) is 2.76. The van der Waals surface area contributed by atoms with E-state index in [9.17, 15) is 14.7 Å². The van der Waals surface area contributed by atoms with E-state index in [-0.39, 0.29) is 6.04 Å². The number of amides is 2. The van der Waals surface area contributed by atoms with Crippen molar-refractivity contribution >= 4 is 11.8 Å². The maximum Gasteiger partial charge on any atom is 0.312 e. The molecule has 0 aromatic heterocycles. The van der Waals surface area contributed by atoms with Crippen LogP contribution in [0.3, 0.4) is 0 Å². The van der Waals surface area contributed by atoms with Crippen LogP contribution in [-0.2, 0) is 9.59 Å². The molecule has 1 aliphatic carbocycles. The molecule has 5 nitrogen and oxygen atoms in total. The predicted molar refractivity (Wildman–Crippen MR) is 62.2 cm³/mol. The molecule has 1 saturated heterocycles. The number of carbonyl (C=O) groups is 2. The molecule has 2 aliphatic rings. The van der Waals surface area contributed by atoms with Crippen molar-refractivity contribution in [3.63, 3.8) is 0 Å². The normalized spacial score (nSPS) is 30.9. The van der Waals surface area contributed by atoms with Gasteiger partial charge in [-0.25, -0.2) is 0 Å². The van der Waals surface area contributed by atoms with Gasteiger partial charge in [0.15, 0.2) is 0 Å². The highest BCUT2D eigenvalue weighted by Gasteiger charge is 2.38. The second-order valence-electron chi connectivity index (χ2n) is 4.80. The van der Waals surface area contributed by atoms with E-state index in [1.807, 2.05) is 6.92 Å². The van der Waals surface area contributed by atoms with Gasteiger partial charge in [-0.1, -0.05) is 12.8 Å². The molecule has 2 unspecified atom stereocenters. The van der Waals surface area contributed by atoms with Crippen molar-refractivity contribution in [2.24, 2.45) is 0 Å². The minimum Gasteiger partial charge on any atom is -0.391 e. The Morgan fingerprint density at radius 1 is 1.18 bits per heavy atom. The van der Waals surface area contributed by atoms with Crippen LogP contribution in [0.4, 0.5) is 0 Å². The Balaban J connectivity index is 2.07. The number of aliphatic hydroxyl groups excluding tert-OH is 1. The summed E-state index contributed by atoms with van der Waals surface area (Å²) in [5, 5.41) is 9.93. The summed E-state index contributed by atoms with van der Waals surface area (Å²) in [5.74, 6) is -0.861. The third kappa shape index (κ3) is 2.29. The molecule has 0 radical (unpaired) electrons. The SMILES string of the molecule is CCN1CCN(C2CCCCC2O)C(=O)C1=O. The Hall–Kier alpha value is -1.10. The zero-order valence-electron chi connectivity index (χ0n) is 10.3. The van der Waals surface area contributed by atoms with Gasteiger partial charge in [-0.3, -0.25) is 9.59 Å². The molecule has 1 saturated carbocycles. The van der Waals surface area contributed by atoms with Gasteiger partial charge < -0.3 is 14.9 Å². The number of nitrogens with zero attached hydrogens (tertiary/aromatic N) is 2. The molecule has 2 rings (SSSR count). The van der Waals surface area contributed by atoms with Gasteiger partial charge in [0.05, 0.1) is 12.1 Å². The van der Waals surface area contributed by atoms with Gasteiger partial charge in [-0.2, -0.15) is 0 Å². The summed E-state index contributed by atoms with van der Waals surface area (Å²) >= 11 is 0. The molecule has 5 heteroatoms.